The van der Waals surface area contributed by atoms with Crippen molar-refractivity contribution >= 4 is 11.6 Å². The molecule has 0 saturated heterocycles. The van der Waals surface area contributed by atoms with Gasteiger partial charge in [-0.1, -0.05) is 12.1 Å². The van der Waals surface area contributed by atoms with Gasteiger partial charge in [0.25, 0.3) is 0 Å². The highest BCUT2D eigenvalue weighted by molar-refractivity contribution is 5.93. The summed E-state index contributed by atoms with van der Waals surface area (Å²) in [6.07, 6.45) is 0.0694. The first-order chi connectivity index (χ1) is 9.58. The number of carbonyl (C=O) groups excluding carboxylic acids is 1. The molecule has 0 radical (unpaired) electrons. The second-order valence-corrected chi connectivity index (χ2v) is 4.20. The van der Waals surface area contributed by atoms with E-state index < -0.39 is 5.82 Å². The molecule has 0 spiro atoms. The van der Waals surface area contributed by atoms with Gasteiger partial charge in [-0.25, -0.2) is 8.78 Å². The molecule has 0 fully saturated rings. The number of anilines is 1. The minimum Gasteiger partial charge on any atom is -0.495 e. The first-order valence-corrected chi connectivity index (χ1v) is 5.96. The van der Waals surface area contributed by atoms with Crippen molar-refractivity contribution in [2.75, 3.05) is 12.4 Å². The molecular formula is C15H13F2NO2. The summed E-state index contributed by atoms with van der Waals surface area (Å²) < 4.78 is 30.9. The molecule has 0 aromatic heterocycles. The molecule has 2 aromatic rings. The van der Waals surface area contributed by atoms with Crippen molar-refractivity contribution < 1.29 is 18.3 Å². The molecule has 2 aromatic carbocycles. The molecule has 0 aliphatic carbocycles. The number of benzene rings is 2. The van der Waals surface area contributed by atoms with Gasteiger partial charge >= 0.3 is 0 Å². The summed E-state index contributed by atoms with van der Waals surface area (Å²) in [4.78, 5) is 11.9. The Hall–Kier alpha value is -2.43. The van der Waals surface area contributed by atoms with E-state index in [1.54, 1.807) is 0 Å². The summed E-state index contributed by atoms with van der Waals surface area (Å²) in [7, 11) is 1.43. The Morgan fingerprint density at radius 2 is 1.75 bits per heavy atom. The molecule has 0 unspecified atom stereocenters. The molecule has 0 heterocycles. The van der Waals surface area contributed by atoms with Crippen LogP contribution in [-0.4, -0.2) is 13.0 Å². The number of ether oxygens (including phenoxy) is 1. The van der Waals surface area contributed by atoms with Crippen molar-refractivity contribution in [3.05, 3.63) is 59.7 Å². The lowest BCUT2D eigenvalue weighted by molar-refractivity contribution is -0.115. The van der Waals surface area contributed by atoms with Gasteiger partial charge in [0.1, 0.15) is 17.4 Å². The number of nitrogens with one attached hydrogen (secondary N) is 1. The number of halogens is 2. The first kappa shape index (κ1) is 14.0. The van der Waals surface area contributed by atoms with Crippen molar-refractivity contribution in [3.8, 4) is 5.75 Å². The Kier molecular flexibility index (Phi) is 4.30. The maximum Gasteiger partial charge on any atom is 0.228 e. The maximum absolute atomic E-state index is 13.2. The van der Waals surface area contributed by atoms with Crippen LogP contribution in [0.3, 0.4) is 0 Å². The summed E-state index contributed by atoms with van der Waals surface area (Å²) in [6, 6.07) is 9.48. The van der Waals surface area contributed by atoms with Crippen LogP contribution in [0.25, 0.3) is 0 Å². The number of methoxy groups -OCH3 is 1. The SMILES string of the molecule is COc1ccc(F)cc1NC(=O)Cc1ccc(F)cc1. The Labute approximate surface area is 115 Å². The molecular weight excluding hydrogens is 264 g/mol. The van der Waals surface area contributed by atoms with Crippen molar-refractivity contribution in [2.24, 2.45) is 0 Å². The Morgan fingerprint density at radius 1 is 1.10 bits per heavy atom. The van der Waals surface area contributed by atoms with Crippen LogP contribution in [0.5, 0.6) is 5.75 Å². The zero-order valence-electron chi connectivity index (χ0n) is 10.8. The standard InChI is InChI=1S/C15H13F2NO2/c1-20-14-7-6-12(17)9-13(14)18-15(19)8-10-2-4-11(16)5-3-10/h2-7,9H,8H2,1H3,(H,18,19). The van der Waals surface area contributed by atoms with Crippen molar-refractivity contribution in [2.45, 2.75) is 6.42 Å². The predicted octanol–water partition coefficient (Wildman–Crippen LogP) is 3.15. The van der Waals surface area contributed by atoms with Crippen LogP contribution in [0.2, 0.25) is 0 Å². The van der Waals surface area contributed by atoms with Crippen LogP contribution in [-0.2, 0) is 11.2 Å². The van der Waals surface area contributed by atoms with Gasteiger partial charge in [-0.15, -0.1) is 0 Å². The van der Waals surface area contributed by atoms with Gasteiger partial charge in [-0.05, 0) is 29.8 Å². The summed E-state index contributed by atoms with van der Waals surface area (Å²) >= 11 is 0. The maximum atomic E-state index is 13.2. The number of hydrogen-bond donors (Lipinski definition) is 1. The highest BCUT2D eigenvalue weighted by Gasteiger charge is 2.09. The summed E-state index contributed by atoms with van der Waals surface area (Å²) in [5.74, 6) is -0.789. The average Bonchev–Trinajstić information content (AvgIpc) is 2.41. The zero-order chi connectivity index (χ0) is 14.5. The Bertz CT molecular complexity index is 612. The second kappa shape index (κ2) is 6.14. The third-order valence-corrected chi connectivity index (χ3v) is 2.71. The number of carbonyl (C=O) groups is 1. The third-order valence-electron chi connectivity index (χ3n) is 2.71. The van der Waals surface area contributed by atoms with Gasteiger partial charge in [-0.3, -0.25) is 4.79 Å². The third kappa shape index (κ3) is 3.54. The zero-order valence-corrected chi connectivity index (χ0v) is 10.8. The molecule has 2 rings (SSSR count). The van der Waals surface area contributed by atoms with Crippen molar-refractivity contribution in [3.63, 3.8) is 0 Å². The lowest BCUT2D eigenvalue weighted by Gasteiger charge is -2.10. The molecule has 0 atom stereocenters. The van der Waals surface area contributed by atoms with Crippen molar-refractivity contribution in [1.82, 2.24) is 0 Å². The minimum absolute atomic E-state index is 0.0694. The predicted molar refractivity (Wildman–Crippen MR) is 71.7 cm³/mol. The molecule has 0 aliphatic heterocycles. The molecule has 1 N–H and O–H groups in total. The second-order valence-electron chi connectivity index (χ2n) is 4.20. The van der Waals surface area contributed by atoms with Crippen LogP contribution in [0, 0.1) is 11.6 Å². The van der Waals surface area contributed by atoms with E-state index >= 15 is 0 Å². The Morgan fingerprint density at radius 3 is 2.40 bits per heavy atom. The molecule has 104 valence electrons. The van der Waals surface area contributed by atoms with Crippen LogP contribution in [0.15, 0.2) is 42.5 Å². The topological polar surface area (TPSA) is 38.3 Å². The van der Waals surface area contributed by atoms with E-state index in [4.69, 9.17) is 4.74 Å². The van der Waals surface area contributed by atoms with E-state index in [2.05, 4.69) is 5.32 Å². The summed E-state index contributed by atoms with van der Waals surface area (Å²) in [6.45, 7) is 0. The normalized spacial score (nSPS) is 10.2. The van der Waals surface area contributed by atoms with E-state index in [1.807, 2.05) is 0 Å². The van der Waals surface area contributed by atoms with Crippen molar-refractivity contribution in [1.29, 1.82) is 0 Å². The monoisotopic (exact) mass is 277 g/mol. The van der Waals surface area contributed by atoms with Crippen LogP contribution in [0.1, 0.15) is 5.56 Å². The van der Waals surface area contributed by atoms with Crippen LogP contribution in [0.4, 0.5) is 14.5 Å². The van der Waals surface area contributed by atoms with Gasteiger partial charge in [-0.2, -0.15) is 0 Å². The molecule has 20 heavy (non-hydrogen) atoms. The van der Waals surface area contributed by atoms with E-state index in [-0.39, 0.29) is 23.8 Å². The van der Waals surface area contributed by atoms with E-state index in [0.717, 1.165) is 0 Å². The number of hydrogen-bond acceptors (Lipinski definition) is 2. The molecule has 5 heteroatoms. The van der Waals surface area contributed by atoms with Gasteiger partial charge in [0.2, 0.25) is 5.91 Å². The van der Waals surface area contributed by atoms with Gasteiger partial charge in [0.05, 0.1) is 19.2 Å². The number of rotatable bonds is 4. The highest BCUT2D eigenvalue weighted by atomic mass is 19.1. The Balaban J connectivity index is 2.08. The smallest absolute Gasteiger partial charge is 0.228 e. The highest BCUT2D eigenvalue weighted by Crippen LogP contribution is 2.25. The minimum atomic E-state index is -0.470. The van der Waals surface area contributed by atoms with Gasteiger partial charge in [0, 0.05) is 6.07 Å². The fourth-order valence-electron chi connectivity index (χ4n) is 1.76. The fraction of sp³-hybridized carbons (Fsp3) is 0.133. The fourth-order valence-corrected chi connectivity index (χ4v) is 1.76. The molecule has 0 aliphatic rings. The van der Waals surface area contributed by atoms with E-state index in [9.17, 15) is 13.6 Å². The number of amides is 1. The largest absolute Gasteiger partial charge is 0.495 e. The molecule has 0 saturated carbocycles. The summed E-state index contributed by atoms with van der Waals surface area (Å²) in [5, 5.41) is 2.57. The summed E-state index contributed by atoms with van der Waals surface area (Å²) in [5.41, 5.74) is 0.930. The molecule has 3 nitrogen and oxygen atoms in total. The first-order valence-electron chi connectivity index (χ1n) is 5.96. The lowest BCUT2D eigenvalue weighted by atomic mass is 10.1. The molecule has 0 bridgehead atoms. The lowest BCUT2D eigenvalue weighted by Crippen LogP contribution is -2.15. The van der Waals surface area contributed by atoms with Crippen LogP contribution < -0.4 is 10.1 Å². The quantitative estimate of drug-likeness (QED) is 0.932. The van der Waals surface area contributed by atoms with Gasteiger partial charge in [0.15, 0.2) is 0 Å². The molecule has 1 amide bonds. The van der Waals surface area contributed by atoms with E-state index in [0.29, 0.717) is 11.3 Å². The average molecular weight is 277 g/mol. The van der Waals surface area contributed by atoms with E-state index in [1.165, 1.54) is 49.6 Å². The van der Waals surface area contributed by atoms with Gasteiger partial charge < -0.3 is 10.1 Å². The van der Waals surface area contributed by atoms with Crippen LogP contribution >= 0.6 is 0 Å².